The van der Waals surface area contributed by atoms with Crippen LogP contribution in [-0.4, -0.2) is 50.5 Å². The van der Waals surface area contributed by atoms with E-state index in [-0.39, 0.29) is 35.1 Å². The molecule has 0 aliphatic rings. The Labute approximate surface area is 202 Å². The molecule has 0 radical (unpaired) electrons. The lowest BCUT2D eigenvalue weighted by atomic mass is 9.99. The Kier molecular flexibility index (Phi) is 13.7. The molecule has 33 heavy (non-hydrogen) atoms. The van der Waals surface area contributed by atoms with E-state index in [1.54, 1.807) is 13.0 Å². The molecule has 1 heterocycles. The maximum atomic E-state index is 12.6. The largest absolute Gasteiger partial charge is 0.392 e. The summed E-state index contributed by atoms with van der Waals surface area (Å²) >= 11 is 1.37. The van der Waals surface area contributed by atoms with Crippen molar-refractivity contribution >= 4 is 34.3 Å². The number of aryl methyl sites for hydroxylation is 1. The number of aromatic nitrogens is 2. The number of hydrogen-bond donors (Lipinski definition) is 4. The minimum Gasteiger partial charge on any atom is -0.392 e. The van der Waals surface area contributed by atoms with Gasteiger partial charge in [0.25, 0.3) is 5.56 Å². The first kappa shape index (κ1) is 28.9. The zero-order valence-corrected chi connectivity index (χ0v) is 21.6. The van der Waals surface area contributed by atoms with Gasteiger partial charge in [-0.3, -0.25) is 14.6 Å². The summed E-state index contributed by atoms with van der Waals surface area (Å²) in [7, 11) is 0. The van der Waals surface area contributed by atoms with Crippen molar-refractivity contribution in [3.05, 3.63) is 28.2 Å². The second-order valence-electron chi connectivity index (χ2n) is 8.65. The molecule has 0 saturated heterocycles. The van der Waals surface area contributed by atoms with Gasteiger partial charge in [-0.25, -0.2) is 9.98 Å². The third kappa shape index (κ3) is 12.1. The molecule has 0 fully saturated rings. The number of unbranched alkanes of at least 4 members (excludes halogenated alkanes) is 2. The number of hydrogen-bond acceptors (Lipinski definition) is 7. The van der Waals surface area contributed by atoms with Gasteiger partial charge >= 0.3 is 0 Å². The molecular weight excluding hydrogens is 438 g/mol. The molecule has 8 nitrogen and oxygen atoms in total. The van der Waals surface area contributed by atoms with Crippen LogP contribution in [0.25, 0.3) is 0 Å². The predicted molar refractivity (Wildman–Crippen MR) is 140 cm³/mol. The Bertz CT molecular complexity index is 849. The number of aliphatic hydroxyl groups excluding tert-OH is 1. The highest BCUT2D eigenvalue weighted by atomic mass is 32.2. The van der Waals surface area contributed by atoms with E-state index in [4.69, 9.17) is 5.11 Å². The second kappa shape index (κ2) is 15.7. The van der Waals surface area contributed by atoms with E-state index < -0.39 is 0 Å². The second-order valence-corrected chi connectivity index (χ2v) is 9.70. The first-order chi connectivity index (χ1) is 15.7. The van der Waals surface area contributed by atoms with Crippen LogP contribution in [0.5, 0.6) is 0 Å². The van der Waals surface area contributed by atoms with E-state index in [9.17, 15) is 9.59 Å². The first-order valence-corrected chi connectivity index (χ1v) is 12.8. The van der Waals surface area contributed by atoms with Gasteiger partial charge in [-0.1, -0.05) is 32.4 Å². The number of H-pyrrole nitrogens is 1. The number of nitrogens with one attached hydrogen (secondary N) is 3. The molecule has 1 aromatic heterocycles. The summed E-state index contributed by atoms with van der Waals surface area (Å²) in [6.07, 6.45) is 9.84. The van der Waals surface area contributed by atoms with Gasteiger partial charge in [0.1, 0.15) is 0 Å². The number of aromatic amines is 1. The fraction of sp³-hybridized carbons (Fsp3) is 0.667. The van der Waals surface area contributed by atoms with Crippen LogP contribution in [-0.2, 0) is 4.79 Å². The van der Waals surface area contributed by atoms with Crippen LogP contribution in [0.4, 0.5) is 11.6 Å². The highest BCUT2D eigenvalue weighted by molar-refractivity contribution is 8.14. The number of rotatable bonds is 15. The lowest BCUT2D eigenvalue weighted by Gasteiger charge is -2.25. The first-order valence-electron chi connectivity index (χ1n) is 11.8. The van der Waals surface area contributed by atoms with Crippen molar-refractivity contribution in [3.63, 3.8) is 0 Å². The molecule has 4 N–H and O–H groups in total. The maximum absolute atomic E-state index is 12.6. The highest BCUT2D eigenvalue weighted by Gasteiger charge is 2.19. The topological polar surface area (TPSA) is 119 Å². The molecule has 9 heteroatoms. The third-order valence-corrected chi connectivity index (χ3v) is 5.89. The van der Waals surface area contributed by atoms with E-state index in [0.717, 1.165) is 50.1 Å². The Morgan fingerprint density at radius 3 is 2.64 bits per heavy atom. The summed E-state index contributed by atoms with van der Waals surface area (Å²) in [5.41, 5.74) is 0.293. The molecule has 186 valence electrons. The van der Waals surface area contributed by atoms with Gasteiger partial charge in [0.05, 0.1) is 23.1 Å². The van der Waals surface area contributed by atoms with Crippen LogP contribution in [0.3, 0.4) is 0 Å². The van der Waals surface area contributed by atoms with E-state index in [2.05, 4.69) is 32.5 Å². The molecule has 0 spiro atoms. The van der Waals surface area contributed by atoms with Crippen molar-refractivity contribution in [1.82, 2.24) is 15.3 Å². The van der Waals surface area contributed by atoms with E-state index in [1.165, 1.54) is 11.8 Å². The molecular formula is C24H41N5O3S. The summed E-state index contributed by atoms with van der Waals surface area (Å²) in [6.45, 7) is 10.7. The average Bonchev–Trinajstić information content (AvgIpc) is 2.74. The van der Waals surface area contributed by atoms with Crippen LogP contribution >= 0.6 is 11.8 Å². The number of aliphatic hydroxyl groups is 1. The van der Waals surface area contributed by atoms with Crippen LogP contribution in [0, 0.1) is 6.92 Å². The number of anilines is 1. The maximum Gasteiger partial charge on any atom is 0.278 e. The fourth-order valence-electron chi connectivity index (χ4n) is 3.30. The Morgan fingerprint density at radius 2 is 2.00 bits per heavy atom. The zero-order chi connectivity index (χ0) is 24.7. The van der Waals surface area contributed by atoms with Gasteiger partial charge in [-0.15, -0.1) is 11.8 Å². The fourth-order valence-corrected chi connectivity index (χ4v) is 4.12. The van der Waals surface area contributed by atoms with Crippen LogP contribution in [0.15, 0.2) is 21.9 Å². The van der Waals surface area contributed by atoms with Crippen LogP contribution < -0.4 is 16.2 Å². The van der Waals surface area contributed by atoms with Gasteiger partial charge in [0.2, 0.25) is 11.9 Å². The lowest BCUT2D eigenvalue weighted by Crippen LogP contribution is -2.44. The lowest BCUT2D eigenvalue weighted by molar-refractivity contribution is -0.120. The van der Waals surface area contributed by atoms with Crippen molar-refractivity contribution in [2.45, 2.75) is 85.1 Å². The minimum absolute atomic E-state index is 0.0418. The molecule has 1 amide bonds. The molecule has 0 aliphatic heterocycles. The number of amides is 1. The van der Waals surface area contributed by atoms with Crippen molar-refractivity contribution in [1.29, 1.82) is 0 Å². The molecule has 0 unspecified atom stereocenters. The standard InChI is InChI=1S/C24H41N5O3S/c1-6-14-24(4,5)29-19(31)17-33-20(13-11-9-8-10-12-16-30)27-21-18(3)26-23(25-15-7-2)28-22(21)32/h10,12,30H,6-9,11,13-17H2,1-5H3,(H,29,31)(H2,25,26,28,32)/b12-10?,27-20+. The normalized spacial score (nSPS) is 12.4. The van der Waals surface area contributed by atoms with Crippen molar-refractivity contribution < 1.29 is 9.90 Å². The number of thioether (sulfide) groups is 1. The van der Waals surface area contributed by atoms with Crippen LogP contribution in [0.1, 0.15) is 78.3 Å². The number of allylic oxidation sites excluding steroid dienone is 1. The van der Waals surface area contributed by atoms with Gasteiger partial charge in [0.15, 0.2) is 5.69 Å². The van der Waals surface area contributed by atoms with Gasteiger partial charge in [-0.2, -0.15) is 0 Å². The highest BCUT2D eigenvalue weighted by Crippen LogP contribution is 2.20. The predicted octanol–water partition coefficient (Wildman–Crippen LogP) is 4.47. The third-order valence-electron chi connectivity index (χ3n) is 4.85. The molecule has 1 aromatic rings. The van der Waals surface area contributed by atoms with Gasteiger partial charge in [-0.05, 0) is 59.3 Å². The Hall–Kier alpha value is -2.13. The van der Waals surface area contributed by atoms with Crippen molar-refractivity contribution in [2.75, 3.05) is 24.2 Å². The minimum atomic E-state index is -0.293. The average molecular weight is 480 g/mol. The molecule has 0 atom stereocenters. The summed E-state index contributed by atoms with van der Waals surface area (Å²) in [5, 5.41) is 15.8. The monoisotopic (exact) mass is 479 g/mol. The quantitative estimate of drug-likeness (QED) is 0.128. The number of aliphatic imine (C=N–C) groups is 1. The SMILES string of the molecule is CCCNc1nc(C)c(/N=C(\CCCCC=CCO)SCC(=O)NC(C)(C)CCC)c(=O)[nH]1. The molecule has 0 bridgehead atoms. The Balaban J connectivity index is 2.95. The summed E-state index contributed by atoms with van der Waals surface area (Å²) in [5.74, 6) is 0.650. The summed E-state index contributed by atoms with van der Waals surface area (Å²) < 4.78 is 0. The van der Waals surface area contributed by atoms with Gasteiger partial charge < -0.3 is 15.7 Å². The number of carbonyl (C=O) groups excluding carboxylic acids is 1. The number of carbonyl (C=O) groups is 1. The van der Waals surface area contributed by atoms with E-state index in [0.29, 0.717) is 18.1 Å². The van der Waals surface area contributed by atoms with E-state index in [1.807, 2.05) is 26.8 Å². The Morgan fingerprint density at radius 1 is 1.24 bits per heavy atom. The van der Waals surface area contributed by atoms with Gasteiger partial charge in [0, 0.05) is 12.1 Å². The van der Waals surface area contributed by atoms with Crippen LogP contribution in [0.2, 0.25) is 0 Å². The smallest absolute Gasteiger partial charge is 0.278 e. The van der Waals surface area contributed by atoms with Crippen molar-refractivity contribution in [2.24, 2.45) is 4.99 Å². The molecule has 1 rings (SSSR count). The van der Waals surface area contributed by atoms with E-state index >= 15 is 0 Å². The summed E-state index contributed by atoms with van der Waals surface area (Å²) in [4.78, 5) is 37.0. The molecule has 0 aliphatic carbocycles. The summed E-state index contributed by atoms with van der Waals surface area (Å²) in [6, 6.07) is 0. The molecule has 0 aromatic carbocycles. The number of nitrogens with zero attached hydrogens (tertiary/aromatic N) is 2. The molecule has 0 saturated carbocycles. The zero-order valence-electron chi connectivity index (χ0n) is 20.8. The van der Waals surface area contributed by atoms with Crippen molar-refractivity contribution in [3.8, 4) is 0 Å².